The first-order valence-electron chi connectivity index (χ1n) is 7.20. The summed E-state index contributed by atoms with van der Waals surface area (Å²) in [6, 6.07) is 0.596. The molecule has 0 radical (unpaired) electrons. The zero-order valence-electron chi connectivity index (χ0n) is 12.2. The Labute approximate surface area is 119 Å². The zero-order valence-corrected chi connectivity index (χ0v) is 13.1. The van der Waals surface area contributed by atoms with Crippen molar-refractivity contribution >= 4 is 11.8 Å². The van der Waals surface area contributed by atoms with Crippen molar-refractivity contribution in [3.8, 4) is 0 Å². The van der Waals surface area contributed by atoms with E-state index in [4.69, 9.17) is 0 Å². The molecule has 1 aromatic rings. The van der Waals surface area contributed by atoms with Crippen molar-refractivity contribution in [1.29, 1.82) is 0 Å². The summed E-state index contributed by atoms with van der Waals surface area (Å²) in [4.78, 5) is 11.5. The van der Waals surface area contributed by atoms with E-state index in [0.29, 0.717) is 6.04 Å². The maximum atomic E-state index is 11.5. The van der Waals surface area contributed by atoms with Crippen molar-refractivity contribution in [2.75, 3.05) is 12.3 Å². The summed E-state index contributed by atoms with van der Waals surface area (Å²) in [5, 5.41) is 10.8. The van der Waals surface area contributed by atoms with Crippen LogP contribution in [-0.4, -0.2) is 33.1 Å². The number of rotatable bonds is 10. The molecule has 1 heterocycles. The largest absolute Gasteiger partial charge is 0.343 e. The summed E-state index contributed by atoms with van der Waals surface area (Å²) in [6.07, 6.45) is 4.53. The number of hydrogen-bond donors (Lipinski definition) is 2. The number of aromatic nitrogens is 3. The van der Waals surface area contributed by atoms with Crippen LogP contribution in [-0.2, 0) is 6.54 Å². The van der Waals surface area contributed by atoms with Gasteiger partial charge in [0, 0.05) is 18.3 Å². The molecule has 1 rings (SSSR count). The van der Waals surface area contributed by atoms with Crippen LogP contribution in [0.1, 0.15) is 46.5 Å². The molecule has 0 bridgehead atoms. The minimum atomic E-state index is -0.0925. The molecule has 0 aromatic carbocycles. The highest BCUT2D eigenvalue weighted by Crippen LogP contribution is 2.16. The number of thioether (sulfide) groups is 1. The molecule has 0 aliphatic rings. The average Bonchev–Trinajstić information content (AvgIpc) is 2.72. The molecule has 0 fully saturated rings. The van der Waals surface area contributed by atoms with Gasteiger partial charge in [0.2, 0.25) is 0 Å². The fraction of sp³-hybridized carbons (Fsp3) is 0.846. The number of nitrogens with zero attached hydrogens (tertiary/aromatic N) is 2. The van der Waals surface area contributed by atoms with Gasteiger partial charge in [0.05, 0.1) is 0 Å². The lowest BCUT2D eigenvalue weighted by atomic mass is 10.1. The van der Waals surface area contributed by atoms with Crippen molar-refractivity contribution in [2.45, 2.75) is 64.2 Å². The highest BCUT2D eigenvalue weighted by atomic mass is 32.2. The van der Waals surface area contributed by atoms with Crippen LogP contribution in [0, 0.1) is 0 Å². The lowest BCUT2D eigenvalue weighted by molar-refractivity contribution is 0.510. The molecule has 0 saturated heterocycles. The fourth-order valence-electron chi connectivity index (χ4n) is 2.00. The third kappa shape index (κ3) is 5.82. The van der Waals surface area contributed by atoms with Gasteiger partial charge in [0.25, 0.3) is 0 Å². The second kappa shape index (κ2) is 9.20. The van der Waals surface area contributed by atoms with E-state index in [9.17, 15) is 4.79 Å². The topological polar surface area (TPSA) is 62.7 Å². The van der Waals surface area contributed by atoms with E-state index in [1.54, 1.807) is 16.3 Å². The van der Waals surface area contributed by atoms with Crippen LogP contribution in [0.15, 0.2) is 9.95 Å². The van der Waals surface area contributed by atoms with Crippen LogP contribution in [0.5, 0.6) is 0 Å². The van der Waals surface area contributed by atoms with E-state index in [-0.39, 0.29) is 5.69 Å². The molecule has 0 saturated carbocycles. The van der Waals surface area contributed by atoms with Crippen LogP contribution >= 0.6 is 11.8 Å². The Bertz CT molecular complexity index is 402. The third-order valence-corrected chi connectivity index (χ3v) is 4.05. The minimum absolute atomic E-state index is 0.0925. The summed E-state index contributed by atoms with van der Waals surface area (Å²) in [7, 11) is 0. The molecule has 0 amide bonds. The number of nitrogens with one attached hydrogen (secondary N) is 2. The fourth-order valence-corrected chi connectivity index (χ4v) is 2.97. The van der Waals surface area contributed by atoms with Gasteiger partial charge in [0.1, 0.15) is 0 Å². The van der Waals surface area contributed by atoms with Crippen LogP contribution in [0.2, 0.25) is 0 Å². The van der Waals surface area contributed by atoms with Crippen LogP contribution in [0.3, 0.4) is 0 Å². The van der Waals surface area contributed by atoms with E-state index in [1.807, 2.05) is 0 Å². The lowest BCUT2D eigenvalue weighted by Crippen LogP contribution is -2.25. The first-order chi connectivity index (χ1) is 9.19. The van der Waals surface area contributed by atoms with Crippen LogP contribution < -0.4 is 11.0 Å². The molecule has 1 unspecified atom stereocenters. The highest BCUT2D eigenvalue weighted by Gasteiger charge is 2.07. The molecular weight excluding hydrogens is 260 g/mol. The van der Waals surface area contributed by atoms with Gasteiger partial charge in [-0.15, -0.1) is 5.10 Å². The van der Waals surface area contributed by atoms with Crippen molar-refractivity contribution in [1.82, 2.24) is 20.1 Å². The molecule has 1 aromatic heterocycles. The SMILES string of the molecule is CCCn1c(SCCCCC(C)NCC)n[nH]c1=O. The zero-order chi connectivity index (χ0) is 14.1. The van der Waals surface area contributed by atoms with Gasteiger partial charge in [-0.3, -0.25) is 4.57 Å². The van der Waals surface area contributed by atoms with Gasteiger partial charge in [0.15, 0.2) is 5.16 Å². The van der Waals surface area contributed by atoms with Crippen molar-refractivity contribution in [2.24, 2.45) is 0 Å². The maximum Gasteiger partial charge on any atom is 0.343 e. The molecule has 0 aliphatic heterocycles. The number of H-pyrrole nitrogens is 1. The van der Waals surface area contributed by atoms with E-state index in [2.05, 4.69) is 36.3 Å². The van der Waals surface area contributed by atoms with E-state index < -0.39 is 0 Å². The van der Waals surface area contributed by atoms with E-state index in [1.165, 1.54) is 12.8 Å². The molecule has 1 atom stereocenters. The Morgan fingerprint density at radius 3 is 2.89 bits per heavy atom. The van der Waals surface area contributed by atoms with Crippen LogP contribution in [0.25, 0.3) is 0 Å². The molecule has 0 aliphatic carbocycles. The lowest BCUT2D eigenvalue weighted by Gasteiger charge is -2.11. The van der Waals surface area contributed by atoms with Gasteiger partial charge in [-0.2, -0.15) is 0 Å². The Morgan fingerprint density at radius 1 is 1.42 bits per heavy atom. The van der Waals surface area contributed by atoms with Crippen LogP contribution in [0.4, 0.5) is 0 Å². The highest BCUT2D eigenvalue weighted by molar-refractivity contribution is 7.99. The van der Waals surface area contributed by atoms with Gasteiger partial charge in [-0.25, -0.2) is 9.89 Å². The molecule has 0 spiro atoms. The van der Waals surface area contributed by atoms with Gasteiger partial charge in [-0.05, 0) is 32.7 Å². The monoisotopic (exact) mass is 286 g/mol. The summed E-state index contributed by atoms with van der Waals surface area (Å²) < 4.78 is 1.73. The smallest absolute Gasteiger partial charge is 0.315 e. The Balaban J connectivity index is 2.24. The predicted octanol–water partition coefficient (Wildman–Crippen LogP) is 2.24. The molecule has 110 valence electrons. The normalized spacial score (nSPS) is 12.8. The maximum absolute atomic E-state index is 11.5. The first kappa shape index (κ1) is 16.3. The molecular formula is C13H26N4OS. The van der Waals surface area contributed by atoms with E-state index in [0.717, 1.165) is 36.8 Å². The Morgan fingerprint density at radius 2 is 2.21 bits per heavy atom. The standard InChI is InChI=1S/C13H26N4OS/c1-4-9-17-12(18)15-16-13(17)19-10-7-6-8-11(3)14-5-2/h11,14H,4-10H2,1-3H3,(H,15,18). The summed E-state index contributed by atoms with van der Waals surface area (Å²) >= 11 is 1.67. The number of unbranched alkanes of at least 4 members (excludes halogenated alkanes) is 1. The van der Waals surface area contributed by atoms with Gasteiger partial charge in [-0.1, -0.05) is 32.0 Å². The van der Waals surface area contributed by atoms with Crippen molar-refractivity contribution < 1.29 is 0 Å². The quantitative estimate of drug-likeness (QED) is 0.511. The van der Waals surface area contributed by atoms with Gasteiger partial charge >= 0.3 is 5.69 Å². The summed E-state index contributed by atoms with van der Waals surface area (Å²) in [5.41, 5.74) is -0.0925. The molecule has 5 nitrogen and oxygen atoms in total. The second-order valence-corrected chi connectivity index (χ2v) is 5.83. The Hall–Kier alpha value is -0.750. The minimum Gasteiger partial charge on any atom is -0.315 e. The molecule has 19 heavy (non-hydrogen) atoms. The Kier molecular flexibility index (Phi) is 7.90. The van der Waals surface area contributed by atoms with Crippen molar-refractivity contribution in [3.63, 3.8) is 0 Å². The molecule has 2 N–H and O–H groups in total. The predicted molar refractivity (Wildman–Crippen MR) is 80.9 cm³/mol. The first-order valence-corrected chi connectivity index (χ1v) is 8.19. The number of hydrogen-bond acceptors (Lipinski definition) is 4. The number of aromatic amines is 1. The second-order valence-electron chi connectivity index (χ2n) is 4.77. The molecule has 6 heteroatoms. The third-order valence-electron chi connectivity index (χ3n) is 2.99. The van der Waals surface area contributed by atoms with Gasteiger partial charge < -0.3 is 5.32 Å². The average molecular weight is 286 g/mol. The van der Waals surface area contributed by atoms with E-state index >= 15 is 0 Å². The van der Waals surface area contributed by atoms with Crippen molar-refractivity contribution in [3.05, 3.63) is 10.5 Å². The summed E-state index contributed by atoms with van der Waals surface area (Å²) in [6.45, 7) is 8.21. The summed E-state index contributed by atoms with van der Waals surface area (Å²) in [5.74, 6) is 1.02.